The molecule has 0 fully saturated rings. The molecule has 5 heteroatoms. The molecule has 1 aromatic rings. The Morgan fingerprint density at radius 2 is 1.71 bits per heavy atom. The molecule has 0 aliphatic rings. The van der Waals surface area contributed by atoms with E-state index in [9.17, 15) is 8.42 Å². The zero-order chi connectivity index (χ0) is 15.9. The molecule has 0 radical (unpaired) electrons. The van der Waals surface area contributed by atoms with Crippen molar-refractivity contribution < 1.29 is 12.8 Å². The predicted molar refractivity (Wildman–Crippen MR) is 91.0 cm³/mol. The molecule has 0 bridgehead atoms. The van der Waals surface area contributed by atoms with Gasteiger partial charge in [0.1, 0.15) is 0 Å². The van der Waals surface area contributed by atoms with Crippen LogP contribution in [0.1, 0.15) is 31.7 Å². The van der Waals surface area contributed by atoms with Crippen LogP contribution in [0.25, 0.3) is 0 Å². The van der Waals surface area contributed by atoms with Crippen LogP contribution in [0.4, 0.5) is 0 Å². The highest BCUT2D eigenvalue weighted by atomic mass is 32.2. The van der Waals surface area contributed by atoms with Crippen molar-refractivity contribution in [3.63, 3.8) is 0 Å². The van der Waals surface area contributed by atoms with Crippen LogP contribution in [0, 0.1) is 0 Å². The normalized spacial score (nSPS) is 12.6. The average Bonchev–Trinajstić information content (AvgIpc) is 2.41. The second-order valence-electron chi connectivity index (χ2n) is 6.23. The van der Waals surface area contributed by atoms with Gasteiger partial charge >= 0.3 is 0 Å². The minimum Gasteiger partial charge on any atom is -0.417 e. The number of sulfone groups is 1. The van der Waals surface area contributed by atoms with Gasteiger partial charge in [-0.05, 0) is 49.7 Å². The first kappa shape index (κ1) is 18.4. The summed E-state index contributed by atoms with van der Waals surface area (Å²) < 4.78 is 28.8. The van der Waals surface area contributed by atoms with Gasteiger partial charge in [-0.2, -0.15) is 0 Å². The van der Waals surface area contributed by atoms with Gasteiger partial charge < -0.3 is 4.43 Å². The molecule has 0 aliphatic heterocycles. The van der Waals surface area contributed by atoms with Crippen LogP contribution in [0.15, 0.2) is 29.2 Å². The van der Waals surface area contributed by atoms with E-state index in [1.807, 2.05) is 12.1 Å². The Kier molecular flexibility index (Phi) is 7.10. The second kappa shape index (κ2) is 8.10. The Bertz CT molecular complexity index is 521. The number of rotatable bonds is 9. The Labute approximate surface area is 130 Å². The Hall–Kier alpha value is -0.653. The van der Waals surface area contributed by atoms with Crippen molar-refractivity contribution in [3.8, 4) is 0 Å². The summed E-state index contributed by atoms with van der Waals surface area (Å²) in [5.41, 5.74) is 1.17. The van der Waals surface area contributed by atoms with Gasteiger partial charge in [-0.15, -0.1) is 0 Å². The van der Waals surface area contributed by atoms with Crippen LogP contribution < -0.4 is 0 Å². The molecule has 1 rings (SSSR count). The smallest absolute Gasteiger partial charge is 0.186 e. The molecule has 0 amide bonds. The van der Waals surface area contributed by atoms with Gasteiger partial charge in [-0.3, -0.25) is 0 Å². The lowest BCUT2D eigenvalue weighted by atomic mass is 10.1. The first-order chi connectivity index (χ1) is 9.74. The molecular formula is C16H28O3SSi. The van der Waals surface area contributed by atoms with Crippen molar-refractivity contribution in [3.05, 3.63) is 29.8 Å². The SMILES string of the molecule is CCCC[Si](C)(C)OCCCc1ccc(S(C)(=O)=O)cc1. The van der Waals surface area contributed by atoms with E-state index < -0.39 is 18.2 Å². The lowest BCUT2D eigenvalue weighted by Crippen LogP contribution is -2.30. The first-order valence-electron chi connectivity index (χ1n) is 7.67. The first-order valence-corrected chi connectivity index (χ1v) is 12.7. The molecule has 1 aromatic carbocycles. The maximum atomic E-state index is 11.4. The molecule has 0 spiro atoms. The van der Waals surface area contributed by atoms with Gasteiger partial charge in [-0.25, -0.2) is 8.42 Å². The molecular weight excluding hydrogens is 300 g/mol. The quantitative estimate of drug-likeness (QED) is 0.507. The van der Waals surface area contributed by atoms with Crippen LogP contribution >= 0.6 is 0 Å². The number of hydrogen-bond donors (Lipinski definition) is 0. The van der Waals surface area contributed by atoms with Crippen molar-refractivity contribution in [2.24, 2.45) is 0 Å². The molecule has 0 N–H and O–H groups in total. The molecule has 0 saturated carbocycles. The van der Waals surface area contributed by atoms with Gasteiger partial charge in [0.25, 0.3) is 0 Å². The van der Waals surface area contributed by atoms with Crippen molar-refractivity contribution in [1.29, 1.82) is 0 Å². The lowest BCUT2D eigenvalue weighted by Gasteiger charge is -2.22. The molecule has 120 valence electrons. The summed E-state index contributed by atoms with van der Waals surface area (Å²) >= 11 is 0. The van der Waals surface area contributed by atoms with Gasteiger partial charge in [0, 0.05) is 12.9 Å². The van der Waals surface area contributed by atoms with Crippen LogP contribution in [-0.2, 0) is 20.7 Å². The standard InChI is InChI=1S/C16H28O3SSi/c1-5-6-14-21(3,4)19-13-7-8-15-9-11-16(12-10-15)20(2,17)18/h9-12H,5-8,13-14H2,1-4H3. The third-order valence-corrected chi connectivity index (χ3v) is 7.26. The number of benzene rings is 1. The molecule has 0 aliphatic carbocycles. The van der Waals surface area contributed by atoms with Gasteiger partial charge in [0.2, 0.25) is 0 Å². The van der Waals surface area contributed by atoms with Gasteiger partial charge in [0.05, 0.1) is 4.90 Å². The third-order valence-electron chi connectivity index (χ3n) is 3.59. The van der Waals surface area contributed by atoms with Crippen LogP contribution in [0.5, 0.6) is 0 Å². The summed E-state index contributed by atoms with van der Waals surface area (Å²) in [6, 6.07) is 8.40. The summed E-state index contributed by atoms with van der Waals surface area (Å²) in [6.07, 6.45) is 5.64. The minimum atomic E-state index is -3.09. The van der Waals surface area contributed by atoms with Gasteiger partial charge in [0.15, 0.2) is 18.2 Å². The summed E-state index contributed by atoms with van der Waals surface area (Å²) in [5.74, 6) is 0. The molecule has 0 atom stereocenters. The fraction of sp³-hybridized carbons (Fsp3) is 0.625. The molecule has 0 aromatic heterocycles. The van der Waals surface area contributed by atoms with E-state index in [0.717, 1.165) is 19.4 Å². The summed E-state index contributed by atoms with van der Waals surface area (Å²) in [6.45, 7) is 7.58. The fourth-order valence-electron chi connectivity index (χ4n) is 2.20. The van der Waals surface area contributed by atoms with E-state index in [1.165, 1.54) is 30.7 Å². The topological polar surface area (TPSA) is 43.4 Å². The van der Waals surface area contributed by atoms with Crippen LogP contribution in [0.3, 0.4) is 0 Å². The summed E-state index contributed by atoms with van der Waals surface area (Å²) in [7, 11) is -4.57. The van der Waals surface area contributed by atoms with E-state index in [-0.39, 0.29) is 0 Å². The van der Waals surface area contributed by atoms with Crippen molar-refractivity contribution in [1.82, 2.24) is 0 Å². The van der Waals surface area contributed by atoms with Crippen molar-refractivity contribution >= 4 is 18.2 Å². The third kappa shape index (κ3) is 7.25. The van der Waals surface area contributed by atoms with E-state index in [1.54, 1.807) is 12.1 Å². The number of aryl methyl sites for hydroxylation is 1. The van der Waals surface area contributed by atoms with Crippen LogP contribution in [-0.4, -0.2) is 29.6 Å². The number of hydrogen-bond acceptors (Lipinski definition) is 3. The molecule has 21 heavy (non-hydrogen) atoms. The highest BCUT2D eigenvalue weighted by molar-refractivity contribution is 7.90. The zero-order valence-electron chi connectivity index (χ0n) is 13.7. The molecule has 0 saturated heterocycles. The predicted octanol–water partition coefficient (Wildman–Crippen LogP) is 4.04. The van der Waals surface area contributed by atoms with E-state index in [2.05, 4.69) is 20.0 Å². The maximum absolute atomic E-state index is 11.4. The summed E-state index contributed by atoms with van der Waals surface area (Å²) in [4.78, 5) is 0.385. The van der Waals surface area contributed by atoms with Crippen molar-refractivity contribution in [2.75, 3.05) is 12.9 Å². The highest BCUT2D eigenvalue weighted by Gasteiger charge is 2.20. The van der Waals surface area contributed by atoms with E-state index in [4.69, 9.17) is 4.43 Å². The fourth-order valence-corrected chi connectivity index (χ4v) is 4.88. The number of unbranched alkanes of at least 4 members (excludes halogenated alkanes) is 1. The average molecular weight is 329 g/mol. The van der Waals surface area contributed by atoms with Crippen molar-refractivity contribution in [2.45, 2.75) is 56.6 Å². The minimum absolute atomic E-state index is 0.385. The molecule has 0 heterocycles. The van der Waals surface area contributed by atoms with Crippen LogP contribution in [0.2, 0.25) is 19.1 Å². The summed E-state index contributed by atoms with van der Waals surface area (Å²) in [5, 5.41) is 0. The van der Waals surface area contributed by atoms with Gasteiger partial charge in [-0.1, -0.05) is 31.9 Å². The molecule has 0 unspecified atom stereocenters. The Morgan fingerprint density at radius 3 is 2.24 bits per heavy atom. The Balaban J connectivity index is 2.36. The largest absolute Gasteiger partial charge is 0.417 e. The maximum Gasteiger partial charge on any atom is 0.186 e. The van der Waals surface area contributed by atoms with E-state index in [0.29, 0.717) is 4.90 Å². The molecule has 3 nitrogen and oxygen atoms in total. The lowest BCUT2D eigenvalue weighted by molar-refractivity contribution is 0.299. The second-order valence-corrected chi connectivity index (χ2v) is 12.6. The highest BCUT2D eigenvalue weighted by Crippen LogP contribution is 2.16. The monoisotopic (exact) mass is 328 g/mol. The van der Waals surface area contributed by atoms with E-state index >= 15 is 0 Å². The zero-order valence-corrected chi connectivity index (χ0v) is 15.5. The Morgan fingerprint density at radius 1 is 1.10 bits per heavy atom.